The van der Waals surface area contributed by atoms with E-state index in [-0.39, 0.29) is 0 Å². The Morgan fingerprint density at radius 2 is 1.61 bits per heavy atom. The summed E-state index contributed by atoms with van der Waals surface area (Å²) in [4.78, 5) is 12.6. The second kappa shape index (κ2) is 9.20. The van der Waals surface area contributed by atoms with Crippen LogP contribution in [-0.2, 0) is 6.54 Å². The highest BCUT2D eigenvalue weighted by molar-refractivity contribution is 5.91. The zero-order chi connectivity index (χ0) is 22.8. The van der Waals surface area contributed by atoms with Crippen molar-refractivity contribution in [1.29, 1.82) is 0 Å². The Morgan fingerprint density at radius 1 is 0.939 bits per heavy atom. The predicted octanol–water partition coefficient (Wildman–Crippen LogP) is 5.82. The average molecular weight is 438 g/mol. The van der Waals surface area contributed by atoms with Gasteiger partial charge in [0.15, 0.2) is 0 Å². The molecule has 0 saturated carbocycles. The summed E-state index contributed by atoms with van der Waals surface area (Å²) >= 11 is 0. The smallest absolute Gasteiger partial charge is 0.0973 e. The lowest BCUT2D eigenvalue weighted by atomic mass is 9.99. The molecule has 2 heterocycles. The molecule has 0 radical (unpaired) electrons. The molecule has 1 fully saturated rings. The fourth-order valence-corrected chi connectivity index (χ4v) is 4.79. The van der Waals surface area contributed by atoms with Crippen molar-refractivity contribution >= 4 is 22.4 Å². The number of fused-ring (bicyclic) bond motifs is 1. The summed E-state index contributed by atoms with van der Waals surface area (Å²) in [6, 6.07) is 22.9. The standard InChI is InChI=1S/C28H31N5/c1-19-7-6-14-33(17-19)18-20-10-12-22(13-11-20)28-27(21-8-4-3-5-9-21)32-26-16-24(30-2)23(29)15-25(26)31-28/h3-5,8-13,15-16,19,30H,6-7,14,17-18,29H2,1-2H3/t19-/m1/s1. The molecule has 0 amide bonds. The molecule has 5 nitrogen and oxygen atoms in total. The average Bonchev–Trinajstić information content (AvgIpc) is 2.84. The fraction of sp³-hybridized carbons (Fsp3) is 0.286. The molecule has 33 heavy (non-hydrogen) atoms. The van der Waals surface area contributed by atoms with Gasteiger partial charge in [-0.05, 0) is 43.0 Å². The molecule has 3 N–H and O–H groups in total. The lowest BCUT2D eigenvalue weighted by Gasteiger charge is -2.30. The maximum Gasteiger partial charge on any atom is 0.0973 e. The highest BCUT2D eigenvalue weighted by Crippen LogP contribution is 2.33. The van der Waals surface area contributed by atoms with E-state index in [2.05, 4.69) is 53.5 Å². The van der Waals surface area contributed by atoms with Crippen LogP contribution in [0.5, 0.6) is 0 Å². The number of likely N-dealkylation sites (tertiary alicyclic amines) is 1. The lowest BCUT2D eigenvalue weighted by Crippen LogP contribution is -2.33. The summed E-state index contributed by atoms with van der Waals surface area (Å²) in [5, 5.41) is 3.14. The van der Waals surface area contributed by atoms with Crippen LogP contribution < -0.4 is 11.1 Å². The van der Waals surface area contributed by atoms with Gasteiger partial charge in [-0.2, -0.15) is 0 Å². The van der Waals surface area contributed by atoms with E-state index in [1.54, 1.807) is 0 Å². The van der Waals surface area contributed by atoms with Gasteiger partial charge in [0.25, 0.3) is 0 Å². The maximum atomic E-state index is 6.22. The molecule has 1 aliphatic heterocycles. The van der Waals surface area contributed by atoms with Gasteiger partial charge in [-0.25, -0.2) is 9.97 Å². The first-order chi connectivity index (χ1) is 16.1. The molecule has 0 bridgehead atoms. The molecule has 5 heteroatoms. The Morgan fingerprint density at radius 3 is 2.27 bits per heavy atom. The van der Waals surface area contributed by atoms with Crippen LogP contribution in [0, 0.1) is 5.92 Å². The van der Waals surface area contributed by atoms with Gasteiger partial charge in [0, 0.05) is 31.3 Å². The van der Waals surface area contributed by atoms with Crippen LogP contribution in [-0.4, -0.2) is 35.0 Å². The SMILES string of the molecule is CNc1cc2nc(-c3ccccc3)c(-c3ccc(CN4CCC[C@@H](C)C4)cc3)nc2cc1N. The Hall–Kier alpha value is -3.44. The number of aromatic nitrogens is 2. The molecule has 0 unspecified atom stereocenters. The van der Waals surface area contributed by atoms with E-state index in [9.17, 15) is 0 Å². The zero-order valence-corrected chi connectivity index (χ0v) is 19.4. The van der Waals surface area contributed by atoms with Gasteiger partial charge < -0.3 is 11.1 Å². The van der Waals surface area contributed by atoms with E-state index in [1.165, 1.54) is 31.5 Å². The Bertz CT molecular complexity index is 1250. The molecular formula is C28H31N5. The molecule has 0 aliphatic carbocycles. The number of benzene rings is 3. The molecule has 1 aliphatic rings. The minimum atomic E-state index is 0.670. The van der Waals surface area contributed by atoms with Crippen LogP contribution in [0.4, 0.5) is 11.4 Å². The maximum absolute atomic E-state index is 6.22. The number of nitrogens with two attached hydrogens (primary N) is 1. The Kier molecular flexibility index (Phi) is 5.97. The van der Waals surface area contributed by atoms with E-state index in [0.717, 1.165) is 51.7 Å². The van der Waals surface area contributed by atoms with Gasteiger partial charge in [-0.3, -0.25) is 4.90 Å². The third-order valence-electron chi connectivity index (χ3n) is 6.53. The molecule has 4 aromatic rings. The lowest BCUT2D eigenvalue weighted by molar-refractivity contribution is 0.176. The summed E-state index contributed by atoms with van der Waals surface area (Å²) in [7, 11) is 1.86. The highest BCUT2D eigenvalue weighted by Gasteiger charge is 2.17. The minimum absolute atomic E-state index is 0.670. The third kappa shape index (κ3) is 4.55. The van der Waals surface area contributed by atoms with Crippen LogP contribution in [0.25, 0.3) is 33.5 Å². The quantitative estimate of drug-likeness (QED) is 0.385. The predicted molar refractivity (Wildman–Crippen MR) is 138 cm³/mol. The first-order valence-electron chi connectivity index (χ1n) is 11.8. The Labute approximate surface area is 195 Å². The van der Waals surface area contributed by atoms with Crippen LogP contribution >= 0.6 is 0 Å². The van der Waals surface area contributed by atoms with Crippen molar-refractivity contribution in [2.24, 2.45) is 5.92 Å². The third-order valence-corrected chi connectivity index (χ3v) is 6.53. The van der Waals surface area contributed by atoms with E-state index in [4.69, 9.17) is 15.7 Å². The van der Waals surface area contributed by atoms with Crippen LogP contribution in [0.2, 0.25) is 0 Å². The number of nitrogens with zero attached hydrogens (tertiary/aromatic N) is 3. The summed E-state index contributed by atoms with van der Waals surface area (Å²) in [5.41, 5.74) is 14.6. The van der Waals surface area contributed by atoms with Gasteiger partial charge in [0.1, 0.15) is 0 Å². The highest BCUT2D eigenvalue weighted by atomic mass is 15.1. The first kappa shape index (κ1) is 21.4. The van der Waals surface area contributed by atoms with Gasteiger partial charge in [0.05, 0.1) is 33.8 Å². The summed E-state index contributed by atoms with van der Waals surface area (Å²) in [5.74, 6) is 0.787. The van der Waals surface area contributed by atoms with E-state index >= 15 is 0 Å². The second-order valence-corrected chi connectivity index (χ2v) is 9.14. The van der Waals surface area contributed by atoms with Crippen molar-refractivity contribution in [3.63, 3.8) is 0 Å². The molecular weight excluding hydrogens is 406 g/mol. The molecule has 5 rings (SSSR count). The largest absolute Gasteiger partial charge is 0.397 e. The van der Waals surface area contributed by atoms with E-state index in [0.29, 0.717) is 5.69 Å². The monoisotopic (exact) mass is 437 g/mol. The van der Waals surface area contributed by atoms with Crippen molar-refractivity contribution in [3.05, 3.63) is 72.3 Å². The minimum Gasteiger partial charge on any atom is -0.397 e. The van der Waals surface area contributed by atoms with Crippen LogP contribution in [0.1, 0.15) is 25.3 Å². The van der Waals surface area contributed by atoms with Gasteiger partial charge in [0.2, 0.25) is 0 Å². The summed E-state index contributed by atoms with van der Waals surface area (Å²) < 4.78 is 0. The van der Waals surface area contributed by atoms with Crippen LogP contribution in [0.3, 0.4) is 0 Å². The van der Waals surface area contributed by atoms with Crippen LogP contribution in [0.15, 0.2) is 66.7 Å². The normalized spacial score (nSPS) is 16.7. The second-order valence-electron chi connectivity index (χ2n) is 9.14. The Balaban J connectivity index is 1.54. The zero-order valence-electron chi connectivity index (χ0n) is 19.4. The number of piperidine rings is 1. The molecule has 1 saturated heterocycles. The summed E-state index contributed by atoms with van der Waals surface area (Å²) in [6.45, 7) is 5.73. The van der Waals surface area contributed by atoms with Crippen molar-refractivity contribution in [3.8, 4) is 22.5 Å². The van der Waals surface area contributed by atoms with E-state index in [1.807, 2.05) is 37.4 Å². The fourth-order valence-electron chi connectivity index (χ4n) is 4.79. The van der Waals surface area contributed by atoms with Gasteiger partial charge >= 0.3 is 0 Å². The number of rotatable bonds is 5. The summed E-state index contributed by atoms with van der Waals surface area (Å²) in [6.07, 6.45) is 2.64. The number of hydrogen-bond acceptors (Lipinski definition) is 5. The van der Waals surface area contributed by atoms with Crippen molar-refractivity contribution in [2.45, 2.75) is 26.3 Å². The first-order valence-corrected chi connectivity index (χ1v) is 11.8. The molecule has 0 spiro atoms. The number of nitrogens with one attached hydrogen (secondary N) is 1. The number of hydrogen-bond donors (Lipinski definition) is 2. The van der Waals surface area contributed by atoms with Gasteiger partial charge in [-0.1, -0.05) is 61.5 Å². The number of nitrogen functional groups attached to an aromatic ring is 1. The van der Waals surface area contributed by atoms with Crippen molar-refractivity contribution in [1.82, 2.24) is 14.9 Å². The number of anilines is 2. The molecule has 3 aromatic carbocycles. The molecule has 1 atom stereocenters. The molecule has 1 aromatic heterocycles. The van der Waals surface area contributed by atoms with E-state index < -0.39 is 0 Å². The van der Waals surface area contributed by atoms with Gasteiger partial charge in [-0.15, -0.1) is 0 Å². The molecule has 168 valence electrons. The van der Waals surface area contributed by atoms with Crippen molar-refractivity contribution < 1.29 is 0 Å². The van der Waals surface area contributed by atoms with Crippen molar-refractivity contribution in [2.75, 3.05) is 31.2 Å². The topological polar surface area (TPSA) is 67.1 Å².